The first-order valence-electron chi connectivity index (χ1n) is 15.3. The van der Waals surface area contributed by atoms with Gasteiger partial charge in [-0.05, 0) is 38.2 Å². The molecule has 0 aromatic rings. The molecule has 0 aromatic carbocycles. The van der Waals surface area contributed by atoms with Gasteiger partial charge in [0.05, 0.1) is 0 Å². The highest BCUT2D eigenvalue weighted by atomic mass is 16.5. The Kier molecular flexibility index (Phi) is 25.8. The zero-order valence-electron chi connectivity index (χ0n) is 24.1. The Morgan fingerprint density at radius 2 is 1.22 bits per heavy atom. The minimum atomic E-state index is -1.03. The van der Waals surface area contributed by atoms with Crippen LogP contribution in [0.15, 0.2) is 12.2 Å². The predicted octanol–water partition coefficient (Wildman–Crippen LogP) is 8.28. The van der Waals surface area contributed by atoms with Gasteiger partial charge in [0.2, 0.25) is 5.91 Å². The molecule has 0 aromatic heterocycles. The number of carboxylic acid groups (broad SMARTS) is 1. The number of amides is 1. The van der Waals surface area contributed by atoms with Gasteiger partial charge in [-0.1, -0.05) is 116 Å². The maximum Gasteiger partial charge on any atom is 0.322 e. The molecule has 0 heterocycles. The number of aliphatic carboxylic acids is 1. The molecule has 0 spiro atoms. The van der Waals surface area contributed by atoms with E-state index in [1.165, 1.54) is 70.6 Å². The van der Waals surface area contributed by atoms with Crippen molar-refractivity contribution in [3.05, 3.63) is 12.2 Å². The number of carbonyl (C=O) groups is 3. The summed E-state index contributed by atoms with van der Waals surface area (Å²) < 4.78 is 5.76. The van der Waals surface area contributed by atoms with E-state index in [-0.39, 0.29) is 24.5 Å². The lowest BCUT2D eigenvalue weighted by Crippen LogP contribution is -2.28. The lowest BCUT2D eigenvalue weighted by atomic mass is 10.0. The van der Waals surface area contributed by atoms with Crippen LogP contribution >= 0.6 is 0 Å². The van der Waals surface area contributed by atoms with Gasteiger partial charge in [0.25, 0.3) is 0 Å². The minimum absolute atomic E-state index is 0.0932. The molecular weight excluding hydrogens is 466 g/mol. The van der Waals surface area contributed by atoms with Crippen molar-refractivity contribution < 1.29 is 24.2 Å². The molecule has 2 N–H and O–H groups in total. The molecule has 1 unspecified atom stereocenters. The molecular formula is C31H57NO5. The number of carbonyl (C=O) groups excluding carboxylic acids is 2. The zero-order chi connectivity index (χ0) is 27.4. The van der Waals surface area contributed by atoms with Crippen molar-refractivity contribution in [2.24, 2.45) is 0 Å². The van der Waals surface area contributed by atoms with E-state index >= 15 is 0 Å². The van der Waals surface area contributed by atoms with E-state index in [2.05, 4.69) is 25.2 Å². The lowest BCUT2D eigenvalue weighted by molar-refractivity contribution is -0.147. The molecule has 0 radical (unpaired) electrons. The van der Waals surface area contributed by atoms with Crippen LogP contribution in [0.2, 0.25) is 0 Å². The van der Waals surface area contributed by atoms with E-state index in [1.54, 1.807) is 0 Å². The van der Waals surface area contributed by atoms with E-state index in [4.69, 9.17) is 9.84 Å². The van der Waals surface area contributed by atoms with Gasteiger partial charge in [0.1, 0.15) is 12.6 Å². The molecule has 1 amide bonds. The van der Waals surface area contributed by atoms with Crippen molar-refractivity contribution in [1.82, 2.24) is 5.32 Å². The SMILES string of the molecule is CCC/C=C\C(CCCCCCC(=O)NCC(=O)O)OC(=O)CCCCCCCCCCCCCCC. The second-order valence-corrected chi connectivity index (χ2v) is 10.4. The summed E-state index contributed by atoms with van der Waals surface area (Å²) in [4.78, 5) is 34.4. The van der Waals surface area contributed by atoms with Gasteiger partial charge in [0, 0.05) is 12.8 Å². The Bertz CT molecular complexity index is 590. The molecule has 0 aliphatic heterocycles. The zero-order valence-corrected chi connectivity index (χ0v) is 24.1. The van der Waals surface area contributed by atoms with Gasteiger partial charge >= 0.3 is 11.9 Å². The standard InChI is InChI=1S/C31H57NO5/c1-3-5-7-8-9-10-11-12-13-14-15-16-22-26-31(36)37-28(23-19-6-4-2)24-20-17-18-21-25-29(33)32-27-30(34)35/h19,23,28H,3-18,20-22,24-27H2,1-2H3,(H,32,33)(H,34,35)/b23-19-. The van der Waals surface area contributed by atoms with E-state index in [0.717, 1.165) is 57.8 Å². The highest BCUT2D eigenvalue weighted by Crippen LogP contribution is 2.15. The van der Waals surface area contributed by atoms with Gasteiger partial charge in [-0.2, -0.15) is 0 Å². The normalized spacial score (nSPS) is 12.1. The average molecular weight is 524 g/mol. The smallest absolute Gasteiger partial charge is 0.322 e. The van der Waals surface area contributed by atoms with Crippen molar-refractivity contribution >= 4 is 17.8 Å². The van der Waals surface area contributed by atoms with Crippen molar-refractivity contribution in [3.63, 3.8) is 0 Å². The Balaban J connectivity index is 3.87. The topological polar surface area (TPSA) is 92.7 Å². The first kappa shape index (κ1) is 35.2. The second kappa shape index (κ2) is 27.2. The first-order valence-corrected chi connectivity index (χ1v) is 15.3. The summed E-state index contributed by atoms with van der Waals surface area (Å²) in [5.41, 5.74) is 0. The van der Waals surface area contributed by atoms with Crippen LogP contribution in [0.4, 0.5) is 0 Å². The molecule has 0 bridgehead atoms. The predicted molar refractivity (Wildman–Crippen MR) is 153 cm³/mol. The fourth-order valence-electron chi connectivity index (χ4n) is 4.37. The van der Waals surface area contributed by atoms with E-state index < -0.39 is 5.97 Å². The summed E-state index contributed by atoms with van der Waals surface area (Å²) in [5.74, 6) is -1.34. The minimum Gasteiger partial charge on any atom is -0.480 e. The van der Waals surface area contributed by atoms with Gasteiger partial charge < -0.3 is 15.2 Å². The second-order valence-electron chi connectivity index (χ2n) is 10.4. The van der Waals surface area contributed by atoms with Crippen LogP contribution in [-0.4, -0.2) is 35.6 Å². The van der Waals surface area contributed by atoms with Crippen molar-refractivity contribution in [3.8, 4) is 0 Å². The monoisotopic (exact) mass is 523 g/mol. The van der Waals surface area contributed by atoms with E-state index in [0.29, 0.717) is 12.8 Å². The molecule has 0 aliphatic rings. The maximum absolute atomic E-state index is 12.4. The molecule has 6 nitrogen and oxygen atoms in total. The highest BCUT2D eigenvalue weighted by Gasteiger charge is 2.11. The highest BCUT2D eigenvalue weighted by molar-refractivity contribution is 5.80. The Hall–Kier alpha value is -1.85. The lowest BCUT2D eigenvalue weighted by Gasteiger charge is -2.15. The van der Waals surface area contributed by atoms with Crippen LogP contribution in [0.3, 0.4) is 0 Å². The Morgan fingerprint density at radius 3 is 1.76 bits per heavy atom. The van der Waals surface area contributed by atoms with Crippen LogP contribution in [0.5, 0.6) is 0 Å². The Labute approximate surface area is 227 Å². The molecule has 0 rings (SSSR count). The molecule has 1 atom stereocenters. The third-order valence-corrected chi connectivity index (χ3v) is 6.65. The van der Waals surface area contributed by atoms with Gasteiger partial charge in [-0.15, -0.1) is 0 Å². The molecule has 0 saturated heterocycles. The fraction of sp³-hybridized carbons (Fsp3) is 0.839. The van der Waals surface area contributed by atoms with Crippen LogP contribution in [0.1, 0.15) is 155 Å². The van der Waals surface area contributed by atoms with E-state index in [9.17, 15) is 14.4 Å². The van der Waals surface area contributed by atoms with Gasteiger partial charge in [-0.25, -0.2) is 0 Å². The number of allylic oxidation sites excluding steroid dienone is 1. The summed E-state index contributed by atoms with van der Waals surface area (Å²) in [5, 5.41) is 11.0. The molecule has 0 fully saturated rings. The molecule has 216 valence electrons. The van der Waals surface area contributed by atoms with Gasteiger partial charge in [0.15, 0.2) is 0 Å². The van der Waals surface area contributed by atoms with Crippen molar-refractivity contribution in [2.45, 2.75) is 161 Å². The number of hydrogen-bond acceptors (Lipinski definition) is 4. The summed E-state index contributed by atoms with van der Waals surface area (Å²) in [6.45, 7) is 4.07. The quantitative estimate of drug-likeness (QED) is 0.0642. The van der Waals surface area contributed by atoms with Crippen LogP contribution in [0.25, 0.3) is 0 Å². The van der Waals surface area contributed by atoms with Crippen molar-refractivity contribution in [1.29, 1.82) is 0 Å². The third-order valence-electron chi connectivity index (χ3n) is 6.65. The van der Waals surface area contributed by atoms with Crippen LogP contribution in [-0.2, 0) is 19.1 Å². The largest absolute Gasteiger partial charge is 0.480 e. The van der Waals surface area contributed by atoms with Crippen molar-refractivity contribution in [2.75, 3.05) is 6.54 Å². The number of ether oxygens (including phenoxy) is 1. The number of carboxylic acids is 1. The summed E-state index contributed by atoms with van der Waals surface area (Å²) in [7, 11) is 0. The summed E-state index contributed by atoms with van der Waals surface area (Å²) >= 11 is 0. The first-order chi connectivity index (χ1) is 18.0. The van der Waals surface area contributed by atoms with Gasteiger partial charge in [-0.3, -0.25) is 14.4 Å². The fourth-order valence-corrected chi connectivity index (χ4v) is 4.37. The molecule has 0 aliphatic carbocycles. The maximum atomic E-state index is 12.4. The number of nitrogens with one attached hydrogen (secondary N) is 1. The Morgan fingerprint density at radius 1 is 0.703 bits per heavy atom. The molecule has 6 heteroatoms. The molecule has 37 heavy (non-hydrogen) atoms. The number of rotatable bonds is 27. The third kappa shape index (κ3) is 27.0. The average Bonchev–Trinajstić information content (AvgIpc) is 2.87. The van der Waals surface area contributed by atoms with Crippen LogP contribution < -0.4 is 5.32 Å². The number of hydrogen-bond donors (Lipinski definition) is 2. The number of unbranched alkanes of at least 4 members (excludes halogenated alkanes) is 16. The summed E-state index contributed by atoms with van der Waals surface area (Å²) in [6.07, 6.45) is 28.0. The number of esters is 1. The summed E-state index contributed by atoms with van der Waals surface area (Å²) in [6, 6.07) is 0. The van der Waals surface area contributed by atoms with Crippen LogP contribution in [0, 0.1) is 0 Å². The van der Waals surface area contributed by atoms with E-state index in [1.807, 2.05) is 6.08 Å². The molecule has 0 saturated carbocycles.